The predicted molar refractivity (Wildman–Crippen MR) is 130 cm³/mol. The summed E-state index contributed by atoms with van der Waals surface area (Å²) in [6, 6.07) is 13.8. The van der Waals surface area contributed by atoms with Crippen LogP contribution in [0.5, 0.6) is 11.5 Å². The van der Waals surface area contributed by atoms with E-state index in [9.17, 15) is 4.79 Å². The molecule has 1 heterocycles. The van der Waals surface area contributed by atoms with Crippen molar-refractivity contribution in [3.63, 3.8) is 0 Å². The molecule has 0 saturated heterocycles. The average molecular weight is 524 g/mol. The van der Waals surface area contributed by atoms with E-state index in [1.807, 2.05) is 43.3 Å². The van der Waals surface area contributed by atoms with E-state index in [-0.39, 0.29) is 36.0 Å². The molecule has 0 spiro atoms. The Labute approximate surface area is 194 Å². The van der Waals surface area contributed by atoms with Crippen molar-refractivity contribution < 1.29 is 14.3 Å². The van der Waals surface area contributed by atoms with Crippen LogP contribution in [0, 0.1) is 0 Å². The fourth-order valence-electron chi connectivity index (χ4n) is 3.23. The van der Waals surface area contributed by atoms with Crippen molar-refractivity contribution >= 4 is 41.5 Å². The van der Waals surface area contributed by atoms with Crippen LogP contribution in [0.4, 0.5) is 5.69 Å². The summed E-state index contributed by atoms with van der Waals surface area (Å²) in [4.78, 5) is 16.1. The number of nitrogens with zero attached hydrogens (tertiary/aromatic N) is 1. The van der Waals surface area contributed by atoms with E-state index in [2.05, 4.69) is 27.0 Å². The Kier molecular flexibility index (Phi) is 9.22. The van der Waals surface area contributed by atoms with Gasteiger partial charge in [0.05, 0.1) is 25.9 Å². The second kappa shape index (κ2) is 11.6. The lowest BCUT2D eigenvalue weighted by atomic mass is 10.1. The van der Waals surface area contributed by atoms with Crippen LogP contribution in [0.25, 0.3) is 0 Å². The van der Waals surface area contributed by atoms with Crippen LogP contribution >= 0.6 is 24.0 Å². The molecule has 8 heteroatoms. The summed E-state index contributed by atoms with van der Waals surface area (Å²) in [7, 11) is 1.58. The summed E-state index contributed by atoms with van der Waals surface area (Å²) in [5.74, 6) is 2.17. The Morgan fingerprint density at radius 2 is 2.03 bits per heavy atom. The second-order valence-electron chi connectivity index (χ2n) is 6.84. The van der Waals surface area contributed by atoms with Crippen molar-refractivity contribution in [2.75, 3.05) is 25.5 Å². The summed E-state index contributed by atoms with van der Waals surface area (Å²) in [6.45, 7) is 5.40. The number of methoxy groups -OCH3 is 1. The van der Waals surface area contributed by atoms with Crippen molar-refractivity contribution in [2.24, 2.45) is 4.99 Å². The van der Waals surface area contributed by atoms with Crippen molar-refractivity contribution in [2.45, 2.75) is 32.9 Å². The molecule has 1 aliphatic heterocycles. The minimum atomic E-state index is -0.142. The fraction of sp³-hybridized carbons (Fsp3) is 0.364. The minimum Gasteiger partial charge on any atom is -0.495 e. The van der Waals surface area contributed by atoms with Gasteiger partial charge in [-0.2, -0.15) is 0 Å². The number of halogens is 1. The number of anilines is 1. The molecule has 3 rings (SSSR count). The van der Waals surface area contributed by atoms with Gasteiger partial charge in [0.2, 0.25) is 5.91 Å². The molecule has 0 saturated carbocycles. The van der Waals surface area contributed by atoms with Gasteiger partial charge in [0.15, 0.2) is 5.96 Å². The average Bonchev–Trinajstić information content (AvgIpc) is 3.13. The lowest BCUT2D eigenvalue weighted by Gasteiger charge is -2.15. The number of amides is 1. The van der Waals surface area contributed by atoms with E-state index in [1.165, 1.54) is 12.5 Å². The number of carbonyl (C=O) groups is 1. The molecule has 162 valence electrons. The quantitative estimate of drug-likeness (QED) is 0.294. The van der Waals surface area contributed by atoms with E-state index in [1.54, 1.807) is 7.11 Å². The van der Waals surface area contributed by atoms with Gasteiger partial charge in [-0.05, 0) is 36.2 Å². The molecule has 0 aliphatic carbocycles. The summed E-state index contributed by atoms with van der Waals surface area (Å²) in [5, 5.41) is 9.40. The third-order valence-electron chi connectivity index (χ3n) is 4.55. The SMILES string of the molecule is CCNC(=NCc1ccc(OC)c(NC(C)=O)c1)NCC1Cc2ccccc2O1.I. The van der Waals surface area contributed by atoms with E-state index >= 15 is 0 Å². The molecule has 0 radical (unpaired) electrons. The smallest absolute Gasteiger partial charge is 0.221 e. The lowest BCUT2D eigenvalue weighted by Crippen LogP contribution is -2.42. The van der Waals surface area contributed by atoms with Crippen LogP contribution in [-0.2, 0) is 17.8 Å². The number of rotatable bonds is 7. The topological polar surface area (TPSA) is 84.0 Å². The maximum atomic E-state index is 11.4. The molecule has 0 fully saturated rings. The van der Waals surface area contributed by atoms with Crippen LogP contribution in [0.1, 0.15) is 25.0 Å². The first kappa shape index (κ1) is 23.8. The Hall–Kier alpha value is -2.49. The van der Waals surface area contributed by atoms with Gasteiger partial charge in [-0.1, -0.05) is 24.3 Å². The Balaban J connectivity index is 0.00000320. The molecule has 2 aromatic rings. The van der Waals surface area contributed by atoms with E-state index < -0.39 is 0 Å². The predicted octanol–water partition coefficient (Wildman–Crippen LogP) is 3.33. The Morgan fingerprint density at radius 1 is 1.23 bits per heavy atom. The number of carbonyl (C=O) groups excluding carboxylic acids is 1. The number of guanidine groups is 1. The van der Waals surface area contributed by atoms with Crippen LogP contribution in [0.15, 0.2) is 47.5 Å². The molecule has 1 unspecified atom stereocenters. The molecule has 30 heavy (non-hydrogen) atoms. The molecule has 0 aromatic heterocycles. The first-order valence-corrected chi connectivity index (χ1v) is 9.80. The molecule has 1 aliphatic rings. The molecular weight excluding hydrogens is 495 g/mol. The van der Waals surface area contributed by atoms with Gasteiger partial charge in [0.25, 0.3) is 0 Å². The highest BCUT2D eigenvalue weighted by atomic mass is 127. The summed E-state index contributed by atoms with van der Waals surface area (Å²) in [6.07, 6.45) is 0.977. The highest BCUT2D eigenvalue weighted by Gasteiger charge is 2.22. The van der Waals surface area contributed by atoms with Gasteiger partial charge in [-0.25, -0.2) is 4.99 Å². The molecule has 2 aromatic carbocycles. The van der Waals surface area contributed by atoms with Gasteiger partial charge < -0.3 is 25.4 Å². The van der Waals surface area contributed by atoms with Gasteiger partial charge in [0.1, 0.15) is 17.6 Å². The van der Waals surface area contributed by atoms with Crippen LogP contribution < -0.4 is 25.4 Å². The number of aliphatic imine (C=N–C) groups is 1. The summed E-state index contributed by atoms with van der Waals surface area (Å²) >= 11 is 0. The van der Waals surface area contributed by atoms with Gasteiger partial charge in [0, 0.05) is 19.9 Å². The normalized spacial score (nSPS) is 14.8. The summed E-state index contributed by atoms with van der Waals surface area (Å²) < 4.78 is 11.3. The number of hydrogen-bond acceptors (Lipinski definition) is 4. The standard InChI is InChI=1S/C22H28N4O3.HI/c1-4-23-22(25-14-18-12-17-7-5-6-8-20(17)29-18)24-13-16-9-10-21(28-3)19(11-16)26-15(2)27;/h5-11,18H,4,12-14H2,1-3H3,(H,26,27)(H2,23,24,25);1H. The molecule has 1 amide bonds. The number of para-hydroxylation sites is 1. The van der Waals surface area contributed by atoms with Gasteiger partial charge in [-0.3, -0.25) is 4.79 Å². The highest BCUT2D eigenvalue weighted by molar-refractivity contribution is 14.0. The molecular formula is C22H29IN4O3. The highest BCUT2D eigenvalue weighted by Crippen LogP contribution is 2.28. The number of ether oxygens (including phenoxy) is 2. The monoisotopic (exact) mass is 524 g/mol. The summed E-state index contributed by atoms with van der Waals surface area (Å²) in [5.41, 5.74) is 2.85. The zero-order valence-corrected chi connectivity index (χ0v) is 19.9. The number of nitrogens with one attached hydrogen (secondary N) is 3. The fourth-order valence-corrected chi connectivity index (χ4v) is 3.23. The largest absolute Gasteiger partial charge is 0.495 e. The van der Waals surface area contributed by atoms with E-state index in [0.29, 0.717) is 24.5 Å². The Morgan fingerprint density at radius 3 is 2.73 bits per heavy atom. The van der Waals surface area contributed by atoms with Gasteiger partial charge in [-0.15, -0.1) is 24.0 Å². The van der Waals surface area contributed by atoms with Crippen LogP contribution in [0.2, 0.25) is 0 Å². The zero-order chi connectivity index (χ0) is 20.6. The molecule has 7 nitrogen and oxygen atoms in total. The maximum absolute atomic E-state index is 11.4. The number of hydrogen-bond donors (Lipinski definition) is 3. The zero-order valence-electron chi connectivity index (χ0n) is 17.5. The second-order valence-corrected chi connectivity index (χ2v) is 6.84. The maximum Gasteiger partial charge on any atom is 0.221 e. The number of fused-ring (bicyclic) bond motifs is 1. The first-order chi connectivity index (χ1) is 14.1. The van der Waals surface area contributed by atoms with E-state index in [4.69, 9.17) is 9.47 Å². The van der Waals surface area contributed by atoms with Crippen molar-refractivity contribution in [1.29, 1.82) is 0 Å². The van der Waals surface area contributed by atoms with Crippen molar-refractivity contribution in [1.82, 2.24) is 10.6 Å². The number of benzene rings is 2. The van der Waals surface area contributed by atoms with Crippen LogP contribution in [-0.4, -0.2) is 38.2 Å². The van der Waals surface area contributed by atoms with E-state index in [0.717, 1.165) is 30.2 Å². The molecule has 0 bridgehead atoms. The first-order valence-electron chi connectivity index (χ1n) is 9.80. The third kappa shape index (κ3) is 6.51. The van der Waals surface area contributed by atoms with Crippen LogP contribution in [0.3, 0.4) is 0 Å². The van der Waals surface area contributed by atoms with Crippen molar-refractivity contribution in [3.05, 3.63) is 53.6 Å². The molecule has 1 atom stereocenters. The van der Waals surface area contributed by atoms with Gasteiger partial charge >= 0.3 is 0 Å². The third-order valence-corrected chi connectivity index (χ3v) is 4.55. The lowest BCUT2D eigenvalue weighted by molar-refractivity contribution is -0.114. The Bertz CT molecular complexity index is 863. The minimum absolute atomic E-state index is 0. The van der Waals surface area contributed by atoms with Crippen molar-refractivity contribution in [3.8, 4) is 11.5 Å². The molecule has 3 N–H and O–H groups in total.